The molecule has 0 fully saturated rings. The van der Waals surface area contributed by atoms with Crippen molar-refractivity contribution in [1.29, 1.82) is 0 Å². The number of carbonyl (C=O) groups is 1. The van der Waals surface area contributed by atoms with E-state index in [1.165, 1.54) is 11.3 Å². The second-order valence-electron chi connectivity index (χ2n) is 5.35. The van der Waals surface area contributed by atoms with Crippen LogP contribution in [0.5, 0.6) is 0 Å². The van der Waals surface area contributed by atoms with Crippen LogP contribution in [0.1, 0.15) is 17.5 Å². The van der Waals surface area contributed by atoms with Crippen LogP contribution < -0.4 is 16.0 Å². The summed E-state index contributed by atoms with van der Waals surface area (Å²) < 4.78 is 0. The zero-order valence-electron chi connectivity index (χ0n) is 12.1. The highest BCUT2D eigenvalue weighted by Gasteiger charge is 2.10. The molecule has 1 aliphatic heterocycles. The second kappa shape index (κ2) is 5.87. The molecule has 4 heteroatoms. The maximum Gasteiger partial charge on any atom is 0.323 e. The summed E-state index contributed by atoms with van der Waals surface area (Å²) >= 11 is 0. The van der Waals surface area contributed by atoms with E-state index in [0.717, 1.165) is 36.3 Å². The summed E-state index contributed by atoms with van der Waals surface area (Å²) in [6, 6.07) is 13.5. The predicted molar refractivity (Wildman–Crippen MR) is 87.1 cm³/mol. The first-order valence-corrected chi connectivity index (χ1v) is 7.22. The van der Waals surface area contributed by atoms with Crippen LogP contribution in [-0.4, -0.2) is 12.6 Å². The molecule has 0 aliphatic carbocycles. The number of hydrogen-bond acceptors (Lipinski definition) is 2. The lowest BCUT2D eigenvalue weighted by atomic mass is 10.0. The van der Waals surface area contributed by atoms with Gasteiger partial charge in [-0.15, -0.1) is 0 Å². The summed E-state index contributed by atoms with van der Waals surface area (Å²) in [5.74, 6) is 0. The zero-order valence-corrected chi connectivity index (χ0v) is 12.1. The summed E-state index contributed by atoms with van der Waals surface area (Å²) in [6.45, 7) is 3.02. The number of urea groups is 1. The Labute approximate surface area is 124 Å². The summed E-state index contributed by atoms with van der Waals surface area (Å²) in [6.07, 6.45) is 2.18. The lowest BCUT2D eigenvalue weighted by Crippen LogP contribution is -2.20. The van der Waals surface area contributed by atoms with Crippen molar-refractivity contribution in [2.45, 2.75) is 19.8 Å². The van der Waals surface area contributed by atoms with Gasteiger partial charge in [-0.25, -0.2) is 4.79 Å². The van der Waals surface area contributed by atoms with Crippen LogP contribution in [0.2, 0.25) is 0 Å². The topological polar surface area (TPSA) is 53.2 Å². The molecule has 0 radical (unpaired) electrons. The van der Waals surface area contributed by atoms with Gasteiger partial charge in [0.1, 0.15) is 0 Å². The lowest BCUT2D eigenvalue weighted by molar-refractivity contribution is 0.262. The van der Waals surface area contributed by atoms with Gasteiger partial charge in [0.25, 0.3) is 0 Å². The van der Waals surface area contributed by atoms with Gasteiger partial charge in [0.05, 0.1) is 0 Å². The van der Waals surface area contributed by atoms with E-state index in [2.05, 4.69) is 16.0 Å². The van der Waals surface area contributed by atoms with Gasteiger partial charge in [-0.2, -0.15) is 0 Å². The standard InChI is InChI=1S/C17H19N3O/c1-12-4-2-6-14(10-12)19-17(21)20-15-7-8-16-13(11-15)5-3-9-18-16/h2,4,6-8,10-11,18H,3,5,9H2,1H3,(H2,19,20,21). The number of amides is 2. The third kappa shape index (κ3) is 3.34. The van der Waals surface area contributed by atoms with Crippen molar-refractivity contribution in [3.05, 3.63) is 53.6 Å². The fourth-order valence-corrected chi connectivity index (χ4v) is 2.57. The Morgan fingerprint density at radius 1 is 1.10 bits per heavy atom. The van der Waals surface area contributed by atoms with Gasteiger partial charge in [-0.05, 0) is 61.2 Å². The average Bonchev–Trinajstić information content (AvgIpc) is 2.47. The van der Waals surface area contributed by atoms with Crippen molar-refractivity contribution in [1.82, 2.24) is 0 Å². The van der Waals surface area contributed by atoms with Crippen molar-refractivity contribution in [2.75, 3.05) is 22.5 Å². The Bertz CT molecular complexity index is 667. The van der Waals surface area contributed by atoms with Crippen molar-refractivity contribution in [3.63, 3.8) is 0 Å². The molecule has 21 heavy (non-hydrogen) atoms. The highest BCUT2D eigenvalue weighted by molar-refractivity contribution is 6.00. The predicted octanol–water partition coefficient (Wildman–Crippen LogP) is 4.00. The molecule has 0 unspecified atom stereocenters. The van der Waals surface area contributed by atoms with Crippen molar-refractivity contribution in [2.24, 2.45) is 0 Å². The Morgan fingerprint density at radius 2 is 1.90 bits per heavy atom. The third-order valence-corrected chi connectivity index (χ3v) is 3.58. The van der Waals surface area contributed by atoms with E-state index >= 15 is 0 Å². The molecule has 2 aromatic carbocycles. The molecule has 0 saturated heterocycles. The van der Waals surface area contributed by atoms with Crippen molar-refractivity contribution < 1.29 is 4.79 Å². The maximum absolute atomic E-state index is 12.0. The van der Waals surface area contributed by atoms with E-state index in [9.17, 15) is 4.79 Å². The fourth-order valence-electron chi connectivity index (χ4n) is 2.57. The maximum atomic E-state index is 12.0. The van der Waals surface area contributed by atoms with Crippen molar-refractivity contribution >= 4 is 23.1 Å². The molecule has 108 valence electrons. The number of benzene rings is 2. The smallest absolute Gasteiger partial charge is 0.323 e. The molecular formula is C17H19N3O. The number of rotatable bonds is 2. The molecule has 3 rings (SSSR count). The number of fused-ring (bicyclic) bond motifs is 1. The van der Waals surface area contributed by atoms with Crippen LogP contribution in [0.25, 0.3) is 0 Å². The number of hydrogen-bond donors (Lipinski definition) is 3. The minimum atomic E-state index is -0.218. The summed E-state index contributed by atoms with van der Waals surface area (Å²) in [5, 5.41) is 9.09. The van der Waals surface area contributed by atoms with Gasteiger partial charge in [0.15, 0.2) is 0 Å². The van der Waals surface area contributed by atoms with E-state index in [1.54, 1.807) is 0 Å². The average molecular weight is 281 g/mol. The lowest BCUT2D eigenvalue weighted by Gasteiger charge is -2.19. The molecule has 0 atom stereocenters. The quantitative estimate of drug-likeness (QED) is 0.779. The third-order valence-electron chi connectivity index (χ3n) is 3.58. The van der Waals surface area contributed by atoms with Crippen LogP contribution in [-0.2, 0) is 6.42 Å². The number of carbonyl (C=O) groups excluding carboxylic acids is 1. The first-order valence-electron chi connectivity index (χ1n) is 7.22. The molecular weight excluding hydrogens is 262 g/mol. The SMILES string of the molecule is Cc1cccc(NC(=O)Nc2ccc3c(c2)CCCN3)c1. The largest absolute Gasteiger partial charge is 0.385 e. The van der Waals surface area contributed by atoms with Gasteiger partial charge < -0.3 is 16.0 Å². The van der Waals surface area contributed by atoms with E-state index in [0.29, 0.717) is 0 Å². The molecule has 4 nitrogen and oxygen atoms in total. The van der Waals surface area contributed by atoms with Gasteiger partial charge in [0, 0.05) is 23.6 Å². The van der Waals surface area contributed by atoms with Crippen LogP contribution in [0, 0.1) is 6.92 Å². The van der Waals surface area contributed by atoms with E-state index in [4.69, 9.17) is 0 Å². The zero-order chi connectivity index (χ0) is 14.7. The monoisotopic (exact) mass is 281 g/mol. The van der Waals surface area contributed by atoms with Gasteiger partial charge in [-0.1, -0.05) is 12.1 Å². The first kappa shape index (κ1) is 13.5. The van der Waals surface area contributed by atoms with E-state index in [-0.39, 0.29) is 6.03 Å². The molecule has 0 spiro atoms. The van der Waals surface area contributed by atoms with E-state index < -0.39 is 0 Å². The van der Waals surface area contributed by atoms with E-state index in [1.807, 2.05) is 49.4 Å². The summed E-state index contributed by atoms with van der Waals surface area (Å²) in [5.41, 5.74) is 5.17. The highest BCUT2D eigenvalue weighted by Crippen LogP contribution is 2.25. The molecule has 0 bridgehead atoms. The second-order valence-corrected chi connectivity index (χ2v) is 5.35. The summed E-state index contributed by atoms with van der Waals surface area (Å²) in [7, 11) is 0. The molecule has 2 amide bonds. The molecule has 2 aromatic rings. The Hall–Kier alpha value is -2.49. The summed E-state index contributed by atoms with van der Waals surface area (Å²) in [4.78, 5) is 12.0. The molecule has 1 aliphatic rings. The minimum absolute atomic E-state index is 0.218. The molecule has 0 aromatic heterocycles. The van der Waals surface area contributed by atoms with Crippen LogP contribution in [0.3, 0.4) is 0 Å². The highest BCUT2D eigenvalue weighted by atomic mass is 16.2. The number of aryl methyl sites for hydroxylation is 2. The van der Waals surface area contributed by atoms with Crippen LogP contribution in [0.4, 0.5) is 21.9 Å². The normalized spacial score (nSPS) is 13.0. The fraction of sp³-hybridized carbons (Fsp3) is 0.235. The number of anilines is 3. The van der Waals surface area contributed by atoms with Crippen molar-refractivity contribution in [3.8, 4) is 0 Å². The van der Waals surface area contributed by atoms with Gasteiger partial charge in [0.2, 0.25) is 0 Å². The van der Waals surface area contributed by atoms with Crippen LogP contribution in [0.15, 0.2) is 42.5 Å². The molecule has 0 saturated carbocycles. The Morgan fingerprint density at radius 3 is 2.71 bits per heavy atom. The van der Waals surface area contributed by atoms with Gasteiger partial charge in [-0.3, -0.25) is 0 Å². The first-order chi connectivity index (χ1) is 10.2. The minimum Gasteiger partial charge on any atom is -0.385 e. The van der Waals surface area contributed by atoms with Crippen LogP contribution >= 0.6 is 0 Å². The Balaban J connectivity index is 1.67. The Kier molecular flexibility index (Phi) is 3.77. The van der Waals surface area contributed by atoms with Gasteiger partial charge >= 0.3 is 6.03 Å². The molecule has 3 N–H and O–H groups in total. The number of nitrogens with one attached hydrogen (secondary N) is 3. The molecule has 1 heterocycles.